The third kappa shape index (κ3) is 2.36. The van der Waals surface area contributed by atoms with E-state index in [4.69, 9.17) is 0 Å². The maximum absolute atomic E-state index is 9.86. The first-order valence-electron chi connectivity index (χ1n) is 6.28. The minimum atomic E-state index is 0.326. The van der Waals surface area contributed by atoms with E-state index in [0.29, 0.717) is 5.75 Å². The molecule has 0 bridgehead atoms. The van der Waals surface area contributed by atoms with E-state index >= 15 is 0 Å². The number of rotatable bonds is 2. The summed E-state index contributed by atoms with van der Waals surface area (Å²) in [6.07, 6.45) is 4.16. The van der Waals surface area contributed by atoms with Crippen molar-refractivity contribution in [2.75, 3.05) is 0 Å². The van der Waals surface area contributed by atoms with Crippen molar-refractivity contribution >= 4 is 22.9 Å². The van der Waals surface area contributed by atoms with Crippen LogP contribution in [0, 0.1) is 0 Å². The molecule has 1 heteroatoms. The van der Waals surface area contributed by atoms with Crippen molar-refractivity contribution in [2.24, 2.45) is 0 Å². The molecule has 0 amide bonds. The highest BCUT2D eigenvalue weighted by Crippen LogP contribution is 2.28. The van der Waals surface area contributed by atoms with E-state index in [1.165, 1.54) is 5.56 Å². The molecular formula is C18H14O. The lowest BCUT2D eigenvalue weighted by molar-refractivity contribution is 0.481. The molecule has 3 aromatic rings. The van der Waals surface area contributed by atoms with E-state index in [1.54, 1.807) is 6.07 Å². The fourth-order valence-electron chi connectivity index (χ4n) is 2.20. The van der Waals surface area contributed by atoms with Crippen molar-refractivity contribution < 1.29 is 5.11 Å². The number of phenols is 1. The summed E-state index contributed by atoms with van der Waals surface area (Å²) in [6.45, 7) is 0. The van der Waals surface area contributed by atoms with Gasteiger partial charge in [0.05, 0.1) is 0 Å². The molecule has 1 N–H and O–H groups in total. The minimum absolute atomic E-state index is 0.326. The number of fused-ring (bicyclic) bond motifs is 1. The summed E-state index contributed by atoms with van der Waals surface area (Å²) in [7, 11) is 0. The largest absolute Gasteiger partial charge is 0.507 e. The topological polar surface area (TPSA) is 20.2 Å². The van der Waals surface area contributed by atoms with Gasteiger partial charge in [0, 0.05) is 5.39 Å². The third-order valence-electron chi connectivity index (χ3n) is 3.19. The second-order valence-corrected chi connectivity index (χ2v) is 4.46. The highest BCUT2D eigenvalue weighted by atomic mass is 16.3. The summed E-state index contributed by atoms with van der Waals surface area (Å²) in [5.74, 6) is 0.326. The Balaban J connectivity index is 2.07. The van der Waals surface area contributed by atoms with Crippen molar-refractivity contribution in [1.29, 1.82) is 0 Å². The molecule has 3 rings (SSSR count). The Bertz CT molecular complexity index is 727. The summed E-state index contributed by atoms with van der Waals surface area (Å²) < 4.78 is 0. The SMILES string of the molecule is Oc1ccc(/C=C/c2ccccc2)c2ccccc12. The molecule has 19 heavy (non-hydrogen) atoms. The molecule has 3 aromatic carbocycles. The van der Waals surface area contributed by atoms with Gasteiger partial charge in [-0.25, -0.2) is 0 Å². The molecular weight excluding hydrogens is 232 g/mol. The van der Waals surface area contributed by atoms with Crippen LogP contribution in [0.15, 0.2) is 66.7 Å². The smallest absolute Gasteiger partial charge is 0.123 e. The van der Waals surface area contributed by atoms with Crippen LogP contribution in [0.3, 0.4) is 0 Å². The van der Waals surface area contributed by atoms with Crippen molar-refractivity contribution in [2.45, 2.75) is 0 Å². The number of hydrogen-bond donors (Lipinski definition) is 1. The molecule has 0 radical (unpaired) electrons. The maximum atomic E-state index is 9.86. The van der Waals surface area contributed by atoms with Crippen LogP contribution in [0.1, 0.15) is 11.1 Å². The lowest BCUT2D eigenvalue weighted by atomic mass is 10.0. The molecule has 0 atom stereocenters. The van der Waals surface area contributed by atoms with Crippen molar-refractivity contribution in [3.05, 3.63) is 77.9 Å². The van der Waals surface area contributed by atoms with Gasteiger partial charge in [-0.05, 0) is 22.6 Å². The lowest BCUT2D eigenvalue weighted by Gasteiger charge is -2.04. The predicted molar refractivity (Wildman–Crippen MR) is 81.0 cm³/mol. The van der Waals surface area contributed by atoms with Crippen LogP contribution in [0.5, 0.6) is 5.75 Å². The molecule has 0 unspecified atom stereocenters. The molecule has 0 aliphatic carbocycles. The van der Waals surface area contributed by atoms with Crippen molar-refractivity contribution in [3.63, 3.8) is 0 Å². The normalized spacial score (nSPS) is 11.2. The molecule has 0 saturated carbocycles. The number of aromatic hydroxyl groups is 1. The molecule has 0 spiro atoms. The first-order chi connectivity index (χ1) is 9.34. The molecule has 0 aliphatic heterocycles. The quantitative estimate of drug-likeness (QED) is 0.649. The Hall–Kier alpha value is -2.54. The van der Waals surface area contributed by atoms with Gasteiger partial charge in [-0.2, -0.15) is 0 Å². The molecule has 0 fully saturated rings. The number of hydrogen-bond acceptors (Lipinski definition) is 1. The summed E-state index contributed by atoms with van der Waals surface area (Å²) in [4.78, 5) is 0. The number of phenolic OH excluding ortho intramolecular Hbond substituents is 1. The van der Waals surface area contributed by atoms with Crippen LogP contribution in [0.25, 0.3) is 22.9 Å². The van der Waals surface area contributed by atoms with E-state index < -0.39 is 0 Å². The Morgan fingerprint density at radius 2 is 1.32 bits per heavy atom. The van der Waals surface area contributed by atoms with Gasteiger partial charge in [0.15, 0.2) is 0 Å². The Kier molecular flexibility index (Phi) is 3.03. The minimum Gasteiger partial charge on any atom is -0.507 e. The third-order valence-corrected chi connectivity index (χ3v) is 3.19. The van der Waals surface area contributed by atoms with Crippen molar-refractivity contribution in [3.8, 4) is 5.75 Å². The first kappa shape index (κ1) is 11.5. The Labute approximate surface area is 112 Å². The summed E-state index contributed by atoms with van der Waals surface area (Å²) >= 11 is 0. The average Bonchev–Trinajstić information content (AvgIpc) is 2.48. The summed E-state index contributed by atoms with van der Waals surface area (Å²) in [5.41, 5.74) is 2.27. The van der Waals surface area contributed by atoms with Crippen LogP contribution in [-0.4, -0.2) is 5.11 Å². The average molecular weight is 246 g/mol. The molecule has 0 aliphatic rings. The Morgan fingerprint density at radius 3 is 2.11 bits per heavy atom. The van der Waals surface area contributed by atoms with Crippen LogP contribution >= 0.6 is 0 Å². The maximum Gasteiger partial charge on any atom is 0.123 e. The van der Waals surface area contributed by atoms with Gasteiger partial charge in [0.25, 0.3) is 0 Å². The molecule has 0 aromatic heterocycles. The summed E-state index contributed by atoms with van der Waals surface area (Å²) in [6, 6.07) is 21.8. The van der Waals surface area contributed by atoms with Gasteiger partial charge >= 0.3 is 0 Å². The highest BCUT2D eigenvalue weighted by Gasteiger charge is 2.01. The van der Waals surface area contributed by atoms with Gasteiger partial charge in [-0.3, -0.25) is 0 Å². The molecule has 1 nitrogen and oxygen atoms in total. The number of benzene rings is 3. The summed E-state index contributed by atoms with van der Waals surface area (Å²) in [5, 5.41) is 11.8. The molecule has 0 heterocycles. The van der Waals surface area contributed by atoms with E-state index in [0.717, 1.165) is 16.3 Å². The lowest BCUT2D eigenvalue weighted by Crippen LogP contribution is -1.79. The predicted octanol–water partition coefficient (Wildman–Crippen LogP) is 4.72. The fraction of sp³-hybridized carbons (Fsp3) is 0. The standard InChI is InChI=1S/C18H14O/c19-18-13-12-15(16-8-4-5-9-17(16)18)11-10-14-6-2-1-3-7-14/h1-13,19H/b11-10+. The van der Waals surface area contributed by atoms with E-state index in [2.05, 4.69) is 24.3 Å². The van der Waals surface area contributed by atoms with Gasteiger partial charge in [-0.15, -0.1) is 0 Å². The van der Waals surface area contributed by atoms with Gasteiger partial charge in [0.2, 0.25) is 0 Å². The monoisotopic (exact) mass is 246 g/mol. The molecule has 0 saturated heterocycles. The first-order valence-corrected chi connectivity index (χ1v) is 6.28. The van der Waals surface area contributed by atoms with Gasteiger partial charge in [-0.1, -0.05) is 72.8 Å². The van der Waals surface area contributed by atoms with Gasteiger partial charge < -0.3 is 5.11 Å². The second kappa shape index (κ2) is 4.99. The van der Waals surface area contributed by atoms with Crippen LogP contribution < -0.4 is 0 Å². The van der Waals surface area contributed by atoms with E-state index in [-0.39, 0.29) is 0 Å². The highest BCUT2D eigenvalue weighted by molar-refractivity contribution is 5.96. The van der Waals surface area contributed by atoms with E-state index in [1.807, 2.05) is 48.5 Å². The van der Waals surface area contributed by atoms with Gasteiger partial charge in [0.1, 0.15) is 5.75 Å². The fourth-order valence-corrected chi connectivity index (χ4v) is 2.20. The second-order valence-electron chi connectivity index (χ2n) is 4.46. The zero-order chi connectivity index (χ0) is 13.1. The van der Waals surface area contributed by atoms with Crippen LogP contribution in [0.4, 0.5) is 0 Å². The Morgan fingerprint density at radius 1 is 0.632 bits per heavy atom. The van der Waals surface area contributed by atoms with Crippen LogP contribution in [0.2, 0.25) is 0 Å². The molecule has 92 valence electrons. The van der Waals surface area contributed by atoms with Crippen LogP contribution in [-0.2, 0) is 0 Å². The zero-order valence-corrected chi connectivity index (χ0v) is 10.5. The van der Waals surface area contributed by atoms with Crippen molar-refractivity contribution in [1.82, 2.24) is 0 Å². The van der Waals surface area contributed by atoms with E-state index in [9.17, 15) is 5.11 Å². The zero-order valence-electron chi connectivity index (χ0n) is 10.5.